The molecule has 0 fully saturated rings. The van der Waals surface area contributed by atoms with Gasteiger partial charge >= 0.3 is 0 Å². The Morgan fingerprint density at radius 1 is 1.11 bits per heavy atom. The van der Waals surface area contributed by atoms with E-state index in [4.69, 9.17) is 9.47 Å². The van der Waals surface area contributed by atoms with Crippen molar-refractivity contribution in [1.29, 1.82) is 0 Å². The largest absolute Gasteiger partial charge is 0.497 e. The topological polar surface area (TPSA) is 137 Å². The molecule has 0 aromatic heterocycles. The Morgan fingerprint density at radius 2 is 1.68 bits per heavy atom. The van der Waals surface area contributed by atoms with E-state index in [9.17, 15) is 25.0 Å². The highest BCUT2D eigenvalue weighted by Gasteiger charge is 2.34. The number of methoxy groups -OCH3 is 1. The van der Waals surface area contributed by atoms with Crippen molar-refractivity contribution in [2.45, 2.75) is 13.2 Å². The summed E-state index contributed by atoms with van der Waals surface area (Å²) in [6.07, 6.45) is -0.920. The molecule has 3 rings (SSSR count). The Labute approximate surface area is 158 Å². The summed E-state index contributed by atoms with van der Waals surface area (Å²) >= 11 is 0. The van der Waals surface area contributed by atoms with Gasteiger partial charge in [0.25, 0.3) is 11.4 Å². The quantitative estimate of drug-likeness (QED) is 0.569. The van der Waals surface area contributed by atoms with Crippen molar-refractivity contribution in [3.05, 3.63) is 73.8 Å². The number of nitro benzene ring substituents is 2. The number of carbonyl (C=O) groups is 1. The van der Waals surface area contributed by atoms with Crippen molar-refractivity contribution in [2.75, 3.05) is 7.11 Å². The zero-order valence-corrected chi connectivity index (χ0v) is 14.8. The minimum atomic E-state index is -0.920. The Kier molecular flexibility index (Phi) is 4.90. The van der Waals surface area contributed by atoms with E-state index < -0.39 is 33.4 Å². The summed E-state index contributed by atoms with van der Waals surface area (Å²) in [4.78, 5) is 32.6. The molecule has 2 aromatic carbocycles. The van der Waals surface area contributed by atoms with Gasteiger partial charge in [-0.05, 0) is 24.3 Å². The molecule has 1 aliphatic rings. The molecule has 0 N–H and O–H groups in total. The highest BCUT2D eigenvalue weighted by molar-refractivity contribution is 5.97. The second kappa shape index (κ2) is 7.31. The molecule has 11 heteroatoms. The third-order valence-electron chi connectivity index (χ3n) is 3.94. The summed E-state index contributed by atoms with van der Waals surface area (Å²) in [6, 6.07) is 9.73. The van der Waals surface area contributed by atoms with Gasteiger partial charge in [-0.15, -0.1) is 5.10 Å². The first kappa shape index (κ1) is 18.8. The molecule has 11 nitrogen and oxygen atoms in total. The molecule has 0 radical (unpaired) electrons. The number of non-ortho nitro benzene ring substituents is 2. The zero-order chi connectivity index (χ0) is 20.4. The number of hydrogen-bond acceptors (Lipinski definition) is 8. The third kappa shape index (κ3) is 3.58. The van der Waals surface area contributed by atoms with E-state index in [1.54, 1.807) is 24.3 Å². The first-order valence-electron chi connectivity index (χ1n) is 7.93. The highest BCUT2D eigenvalue weighted by Crippen LogP contribution is 2.33. The molecule has 0 aliphatic carbocycles. The van der Waals surface area contributed by atoms with Crippen molar-refractivity contribution in [1.82, 2.24) is 5.01 Å². The van der Waals surface area contributed by atoms with E-state index in [0.29, 0.717) is 11.3 Å². The van der Waals surface area contributed by atoms with E-state index in [2.05, 4.69) is 5.10 Å². The van der Waals surface area contributed by atoms with E-state index in [1.165, 1.54) is 14.0 Å². The maximum Gasteiger partial charge on any atom is 0.277 e. The van der Waals surface area contributed by atoms with Crippen LogP contribution in [0.25, 0.3) is 0 Å². The lowest BCUT2D eigenvalue weighted by molar-refractivity contribution is -0.394. The SMILES string of the molecule is COc1ccc([C@H]2OC(c3cc([N+](=O)[O-])cc([N+](=O)[O-])c3)=NN2C(C)=O)cc1. The van der Waals surface area contributed by atoms with Crippen molar-refractivity contribution in [3.63, 3.8) is 0 Å². The van der Waals surface area contributed by atoms with Crippen molar-refractivity contribution >= 4 is 23.2 Å². The van der Waals surface area contributed by atoms with Crippen LogP contribution >= 0.6 is 0 Å². The summed E-state index contributed by atoms with van der Waals surface area (Å²) in [7, 11) is 1.51. The van der Waals surface area contributed by atoms with Gasteiger partial charge in [-0.25, -0.2) is 0 Å². The molecule has 0 unspecified atom stereocenters. The predicted octanol–water partition coefficient (Wildman–Crippen LogP) is 2.75. The fraction of sp³-hybridized carbons (Fsp3) is 0.176. The van der Waals surface area contributed by atoms with Crippen LogP contribution in [0, 0.1) is 20.2 Å². The van der Waals surface area contributed by atoms with Crippen LogP contribution in [-0.2, 0) is 9.53 Å². The van der Waals surface area contributed by atoms with Crippen LogP contribution in [0.2, 0.25) is 0 Å². The fourth-order valence-electron chi connectivity index (χ4n) is 2.60. The van der Waals surface area contributed by atoms with Crippen molar-refractivity contribution in [3.8, 4) is 5.75 Å². The molecular formula is C17H14N4O7. The molecule has 1 heterocycles. The summed E-state index contributed by atoms with van der Waals surface area (Å²) in [5.41, 5.74) is -0.381. The van der Waals surface area contributed by atoms with Crippen LogP contribution in [0.3, 0.4) is 0 Å². The monoisotopic (exact) mass is 386 g/mol. The first-order valence-corrected chi connectivity index (χ1v) is 7.93. The molecule has 0 saturated heterocycles. The number of hydrogen-bond donors (Lipinski definition) is 0. The van der Waals surface area contributed by atoms with E-state index in [0.717, 1.165) is 23.2 Å². The molecule has 1 aliphatic heterocycles. The standard InChI is InChI=1S/C17H14N4O7/c1-10(22)19-17(11-3-5-15(27-2)6-4-11)28-16(18-19)12-7-13(20(23)24)9-14(8-12)21(25)26/h3-9,17H,1-2H3/t17-/m1/s1. The van der Waals surface area contributed by atoms with Gasteiger partial charge in [0.15, 0.2) is 0 Å². The normalized spacial score (nSPS) is 15.6. The maximum atomic E-state index is 12.0. The predicted molar refractivity (Wildman–Crippen MR) is 95.6 cm³/mol. The maximum absolute atomic E-state index is 12.0. The number of rotatable bonds is 5. The van der Waals surface area contributed by atoms with Gasteiger partial charge in [-0.2, -0.15) is 5.01 Å². The van der Waals surface area contributed by atoms with Crippen molar-refractivity contribution < 1.29 is 24.1 Å². The Balaban J connectivity index is 2.01. The van der Waals surface area contributed by atoms with Crippen LogP contribution in [0.15, 0.2) is 47.6 Å². The molecule has 1 atom stereocenters. The van der Waals surface area contributed by atoms with Crippen LogP contribution in [0.1, 0.15) is 24.3 Å². The number of amides is 1. The molecular weight excluding hydrogens is 372 g/mol. The molecule has 2 aromatic rings. The van der Waals surface area contributed by atoms with E-state index in [-0.39, 0.29) is 11.5 Å². The smallest absolute Gasteiger partial charge is 0.277 e. The Bertz CT molecular complexity index is 955. The van der Waals surface area contributed by atoms with Crippen LogP contribution in [0.5, 0.6) is 5.75 Å². The average molecular weight is 386 g/mol. The molecule has 0 bridgehead atoms. The summed E-state index contributed by atoms with van der Waals surface area (Å²) in [5, 5.41) is 27.3. The van der Waals surface area contributed by atoms with Crippen LogP contribution < -0.4 is 4.74 Å². The molecule has 0 saturated carbocycles. The number of carbonyl (C=O) groups excluding carboxylic acids is 1. The number of benzene rings is 2. The minimum Gasteiger partial charge on any atom is -0.497 e. The Hall–Kier alpha value is -4.02. The third-order valence-corrected chi connectivity index (χ3v) is 3.94. The van der Waals surface area contributed by atoms with Gasteiger partial charge in [0.1, 0.15) is 5.75 Å². The lowest BCUT2D eigenvalue weighted by Crippen LogP contribution is -2.25. The fourth-order valence-corrected chi connectivity index (χ4v) is 2.60. The van der Waals surface area contributed by atoms with Gasteiger partial charge in [0.05, 0.1) is 28.6 Å². The Morgan fingerprint density at radius 3 is 2.14 bits per heavy atom. The summed E-state index contributed by atoms with van der Waals surface area (Å²) in [6.45, 7) is 1.28. The number of hydrazone groups is 1. The second-order valence-electron chi connectivity index (χ2n) is 5.76. The lowest BCUT2D eigenvalue weighted by atomic mass is 10.1. The van der Waals surface area contributed by atoms with Crippen LogP contribution in [-0.4, -0.2) is 33.8 Å². The number of nitro groups is 2. The summed E-state index contributed by atoms with van der Waals surface area (Å²) < 4.78 is 10.8. The van der Waals surface area contributed by atoms with Gasteiger partial charge in [-0.3, -0.25) is 25.0 Å². The minimum absolute atomic E-state index is 0.0168. The lowest BCUT2D eigenvalue weighted by Gasteiger charge is -2.19. The van der Waals surface area contributed by atoms with Crippen molar-refractivity contribution in [2.24, 2.45) is 5.10 Å². The first-order chi connectivity index (χ1) is 13.3. The van der Waals surface area contributed by atoms with Crippen LogP contribution in [0.4, 0.5) is 11.4 Å². The number of ether oxygens (including phenoxy) is 2. The average Bonchev–Trinajstić information content (AvgIpc) is 3.13. The van der Waals surface area contributed by atoms with Gasteiger partial charge in [0, 0.05) is 24.6 Å². The van der Waals surface area contributed by atoms with Gasteiger partial charge < -0.3 is 9.47 Å². The molecule has 1 amide bonds. The molecule has 28 heavy (non-hydrogen) atoms. The van der Waals surface area contributed by atoms with E-state index >= 15 is 0 Å². The molecule has 144 valence electrons. The second-order valence-corrected chi connectivity index (χ2v) is 5.76. The highest BCUT2D eigenvalue weighted by atomic mass is 16.6. The number of nitrogens with zero attached hydrogens (tertiary/aromatic N) is 4. The van der Waals surface area contributed by atoms with Gasteiger partial charge in [0.2, 0.25) is 18.0 Å². The summed E-state index contributed by atoms with van der Waals surface area (Å²) in [5.74, 6) is 0.0325. The van der Waals surface area contributed by atoms with E-state index in [1.807, 2.05) is 0 Å². The zero-order valence-electron chi connectivity index (χ0n) is 14.8. The molecule has 0 spiro atoms. The van der Waals surface area contributed by atoms with Gasteiger partial charge in [-0.1, -0.05) is 0 Å².